The van der Waals surface area contributed by atoms with Gasteiger partial charge in [-0.05, 0) is 38.8 Å². The zero-order chi connectivity index (χ0) is 14.5. The summed E-state index contributed by atoms with van der Waals surface area (Å²) in [5, 5.41) is 8.32. The summed E-state index contributed by atoms with van der Waals surface area (Å²) < 4.78 is 2.04. The van der Waals surface area contributed by atoms with Gasteiger partial charge in [-0.25, -0.2) is 4.68 Å². The third kappa shape index (κ3) is 3.10. The Bertz CT molecular complexity index is 539. The maximum absolute atomic E-state index is 4.69. The fraction of sp³-hybridized carbons (Fsp3) is 0.471. The number of para-hydroxylation sites is 1. The summed E-state index contributed by atoms with van der Waals surface area (Å²) in [4.78, 5) is 0. The summed E-state index contributed by atoms with van der Waals surface area (Å²) in [5.41, 5.74) is 4.79. The first kappa shape index (κ1) is 14.8. The molecular weight excluding hydrogens is 246 g/mol. The highest BCUT2D eigenvalue weighted by molar-refractivity contribution is 5.36. The second kappa shape index (κ2) is 6.71. The number of nitrogens with one attached hydrogen (secondary N) is 1. The van der Waals surface area contributed by atoms with Crippen molar-refractivity contribution in [1.29, 1.82) is 0 Å². The molecule has 0 bridgehead atoms. The van der Waals surface area contributed by atoms with E-state index in [4.69, 9.17) is 0 Å². The molecule has 0 aliphatic heterocycles. The first-order valence-corrected chi connectivity index (χ1v) is 7.51. The number of benzene rings is 1. The predicted molar refractivity (Wildman–Crippen MR) is 84.2 cm³/mol. The van der Waals surface area contributed by atoms with Crippen molar-refractivity contribution in [2.75, 3.05) is 0 Å². The quantitative estimate of drug-likeness (QED) is 0.866. The van der Waals surface area contributed by atoms with Gasteiger partial charge in [-0.3, -0.25) is 0 Å². The molecule has 0 saturated heterocycles. The third-order valence-electron chi connectivity index (χ3n) is 4.00. The molecule has 0 atom stereocenters. The van der Waals surface area contributed by atoms with Gasteiger partial charge in [-0.2, -0.15) is 5.10 Å². The van der Waals surface area contributed by atoms with Crippen molar-refractivity contribution in [3.63, 3.8) is 0 Å². The minimum Gasteiger partial charge on any atom is -0.310 e. The fourth-order valence-electron chi connectivity index (χ4n) is 2.58. The molecule has 0 amide bonds. The van der Waals surface area contributed by atoms with Crippen molar-refractivity contribution in [2.45, 2.75) is 53.1 Å². The standard InChI is InChI=1S/C17H25N3/c1-5-15(6-2)18-12-17-13(3)19-20(14(17)4)16-10-8-7-9-11-16/h7-11,15,18H,5-6,12H2,1-4H3. The van der Waals surface area contributed by atoms with E-state index in [-0.39, 0.29) is 0 Å². The molecule has 0 spiro atoms. The van der Waals surface area contributed by atoms with Gasteiger partial charge in [0.1, 0.15) is 0 Å². The molecule has 3 heteroatoms. The van der Waals surface area contributed by atoms with E-state index in [9.17, 15) is 0 Å². The minimum absolute atomic E-state index is 0.592. The number of nitrogens with zero attached hydrogens (tertiary/aromatic N) is 2. The average molecular weight is 271 g/mol. The summed E-state index contributed by atoms with van der Waals surface area (Å²) in [7, 11) is 0. The van der Waals surface area contributed by atoms with Crippen LogP contribution in [0.25, 0.3) is 5.69 Å². The molecule has 0 fully saturated rings. The van der Waals surface area contributed by atoms with E-state index in [0.29, 0.717) is 6.04 Å². The molecule has 0 saturated carbocycles. The Morgan fingerprint density at radius 2 is 1.75 bits per heavy atom. The van der Waals surface area contributed by atoms with Gasteiger partial charge in [0.25, 0.3) is 0 Å². The fourth-order valence-corrected chi connectivity index (χ4v) is 2.58. The largest absolute Gasteiger partial charge is 0.310 e. The van der Waals surface area contributed by atoms with Gasteiger partial charge in [0.2, 0.25) is 0 Å². The minimum atomic E-state index is 0.592. The first-order valence-electron chi connectivity index (χ1n) is 7.51. The van der Waals surface area contributed by atoms with Crippen LogP contribution in [0, 0.1) is 13.8 Å². The monoisotopic (exact) mass is 271 g/mol. The number of aryl methyl sites for hydroxylation is 1. The highest BCUT2D eigenvalue weighted by atomic mass is 15.3. The van der Waals surface area contributed by atoms with E-state index in [0.717, 1.165) is 17.9 Å². The van der Waals surface area contributed by atoms with Gasteiger partial charge in [0.15, 0.2) is 0 Å². The Kier molecular flexibility index (Phi) is 4.96. The van der Waals surface area contributed by atoms with Gasteiger partial charge in [0.05, 0.1) is 11.4 Å². The molecule has 2 aromatic rings. The number of hydrogen-bond donors (Lipinski definition) is 1. The molecule has 0 unspecified atom stereocenters. The van der Waals surface area contributed by atoms with E-state index in [1.165, 1.54) is 24.1 Å². The van der Waals surface area contributed by atoms with Crippen LogP contribution < -0.4 is 5.32 Å². The van der Waals surface area contributed by atoms with Gasteiger partial charge in [-0.1, -0.05) is 32.0 Å². The molecule has 0 radical (unpaired) electrons. The lowest BCUT2D eigenvalue weighted by Crippen LogP contribution is -2.27. The molecule has 1 aromatic carbocycles. The Hall–Kier alpha value is -1.61. The van der Waals surface area contributed by atoms with Crippen molar-refractivity contribution in [3.8, 4) is 5.69 Å². The molecule has 1 aromatic heterocycles. The van der Waals surface area contributed by atoms with Crippen molar-refractivity contribution < 1.29 is 0 Å². The van der Waals surface area contributed by atoms with Crippen LogP contribution in [-0.2, 0) is 6.54 Å². The average Bonchev–Trinajstić information content (AvgIpc) is 2.77. The van der Waals surface area contributed by atoms with Crippen molar-refractivity contribution in [2.24, 2.45) is 0 Å². The molecule has 108 valence electrons. The summed E-state index contributed by atoms with van der Waals surface area (Å²) in [6.07, 6.45) is 2.34. The van der Waals surface area contributed by atoms with Crippen molar-refractivity contribution >= 4 is 0 Å². The van der Waals surface area contributed by atoms with E-state index in [1.807, 2.05) is 22.9 Å². The van der Waals surface area contributed by atoms with Gasteiger partial charge in [-0.15, -0.1) is 0 Å². The number of aromatic nitrogens is 2. The van der Waals surface area contributed by atoms with Gasteiger partial charge >= 0.3 is 0 Å². The van der Waals surface area contributed by atoms with Crippen LogP contribution in [0.15, 0.2) is 30.3 Å². The Morgan fingerprint density at radius 3 is 2.35 bits per heavy atom. The maximum Gasteiger partial charge on any atom is 0.0648 e. The second-order valence-corrected chi connectivity index (χ2v) is 5.29. The smallest absolute Gasteiger partial charge is 0.0648 e. The highest BCUT2D eigenvalue weighted by Crippen LogP contribution is 2.18. The SMILES string of the molecule is CCC(CC)NCc1c(C)nn(-c2ccccc2)c1C. The van der Waals surface area contributed by atoms with Crippen LogP contribution in [0.3, 0.4) is 0 Å². The summed E-state index contributed by atoms with van der Waals surface area (Å²) in [6.45, 7) is 9.60. The highest BCUT2D eigenvalue weighted by Gasteiger charge is 2.13. The van der Waals surface area contributed by atoms with Crippen LogP contribution in [-0.4, -0.2) is 15.8 Å². The van der Waals surface area contributed by atoms with Crippen LogP contribution in [0.5, 0.6) is 0 Å². The lowest BCUT2D eigenvalue weighted by atomic mass is 10.1. The van der Waals surface area contributed by atoms with Gasteiger partial charge < -0.3 is 5.32 Å². The van der Waals surface area contributed by atoms with Crippen molar-refractivity contribution in [3.05, 3.63) is 47.3 Å². The molecule has 0 aliphatic rings. The van der Waals surface area contributed by atoms with Crippen LogP contribution >= 0.6 is 0 Å². The second-order valence-electron chi connectivity index (χ2n) is 5.29. The molecule has 0 aliphatic carbocycles. The van der Waals surface area contributed by atoms with Crippen LogP contribution in [0.4, 0.5) is 0 Å². The number of hydrogen-bond acceptors (Lipinski definition) is 2. The Labute approximate surface area is 122 Å². The van der Waals surface area contributed by atoms with Crippen LogP contribution in [0.1, 0.15) is 43.6 Å². The number of rotatable bonds is 6. The van der Waals surface area contributed by atoms with E-state index in [1.54, 1.807) is 0 Å². The summed E-state index contributed by atoms with van der Waals surface area (Å²) in [6, 6.07) is 10.9. The van der Waals surface area contributed by atoms with Gasteiger partial charge in [0, 0.05) is 23.8 Å². The normalized spacial score (nSPS) is 11.2. The lowest BCUT2D eigenvalue weighted by molar-refractivity contribution is 0.483. The molecule has 1 N–H and O–H groups in total. The van der Waals surface area contributed by atoms with E-state index < -0.39 is 0 Å². The zero-order valence-corrected chi connectivity index (χ0v) is 13.0. The maximum atomic E-state index is 4.69. The van der Waals surface area contributed by atoms with E-state index in [2.05, 4.69) is 50.2 Å². The Morgan fingerprint density at radius 1 is 1.10 bits per heavy atom. The summed E-state index contributed by atoms with van der Waals surface area (Å²) >= 11 is 0. The Balaban J connectivity index is 2.21. The van der Waals surface area contributed by atoms with Crippen LogP contribution in [0.2, 0.25) is 0 Å². The van der Waals surface area contributed by atoms with Crippen molar-refractivity contribution in [1.82, 2.24) is 15.1 Å². The molecule has 2 rings (SSSR count). The third-order valence-corrected chi connectivity index (χ3v) is 4.00. The molecular formula is C17H25N3. The first-order chi connectivity index (χ1) is 9.67. The lowest BCUT2D eigenvalue weighted by Gasteiger charge is -2.14. The predicted octanol–water partition coefficient (Wildman–Crippen LogP) is 3.77. The molecule has 3 nitrogen and oxygen atoms in total. The topological polar surface area (TPSA) is 29.9 Å². The summed E-state index contributed by atoms with van der Waals surface area (Å²) in [5.74, 6) is 0. The molecule has 1 heterocycles. The molecule has 20 heavy (non-hydrogen) atoms. The van der Waals surface area contributed by atoms with E-state index >= 15 is 0 Å². The zero-order valence-electron chi connectivity index (χ0n) is 13.0.